The number of nitrogens with one attached hydrogen (secondary N) is 1. The zero-order valence-electron chi connectivity index (χ0n) is 13.4. The molecule has 1 N–H and O–H groups in total. The molecule has 23 heavy (non-hydrogen) atoms. The van der Waals surface area contributed by atoms with E-state index in [0.29, 0.717) is 24.5 Å². The molecule has 1 amide bonds. The number of hydrogen-bond acceptors (Lipinski definition) is 3. The monoisotopic (exact) mass is 332 g/mol. The Morgan fingerprint density at radius 2 is 1.74 bits per heavy atom. The van der Waals surface area contributed by atoms with Crippen LogP contribution in [-0.2, 0) is 4.79 Å². The van der Waals surface area contributed by atoms with Gasteiger partial charge in [-0.1, -0.05) is 11.6 Å². The third-order valence-electron chi connectivity index (χ3n) is 3.30. The van der Waals surface area contributed by atoms with Gasteiger partial charge in [0.2, 0.25) is 5.91 Å². The third kappa shape index (κ3) is 5.83. The Hall–Kier alpha value is -2.20. The van der Waals surface area contributed by atoms with Crippen molar-refractivity contribution >= 4 is 28.9 Å². The molecule has 0 unspecified atom stereocenters. The number of carbonyl (C=O) groups is 1. The molecular formula is C18H21ClN2O2. The van der Waals surface area contributed by atoms with Crippen molar-refractivity contribution in [2.75, 3.05) is 30.9 Å². The van der Waals surface area contributed by atoms with Gasteiger partial charge in [-0.15, -0.1) is 0 Å². The lowest BCUT2D eigenvalue weighted by atomic mass is 10.2. The lowest BCUT2D eigenvalue weighted by Gasteiger charge is -2.13. The van der Waals surface area contributed by atoms with Gasteiger partial charge in [0.25, 0.3) is 0 Å². The average molecular weight is 333 g/mol. The molecule has 4 nitrogen and oxygen atoms in total. The number of anilines is 2. The van der Waals surface area contributed by atoms with Crippen molar-refractivity contribution < 1.29 is 9.53 Å². The predicted molar refractivity (Wildman–Crippen MR) is 95.6 cm³/mol. The summed E-state index contributed by atoms with van der Waals surface area (Å²) < 4.78 is 5.56. The van der Waals surface area contributed by atoms with E-state index in [1.807, 2.05) is 55.4 Å². The van der Waals surface area contributed by atoms with Crippen LogP contribution in [0.2, 0.25) is 5.02 Å². The van der Waals surface area contributed by atoms with E-state index < -0.39 is 0 Å². The van der Waals surface area contributed by atoms with Gasteiger partial charge < -0.3 is 15.0 Å². The van der Waals surface area contributed by atoms with Gasteiger partial charge in [-0.2, -0.15) is 0 Å². The summed E-state index contributed by atoms with van der Waals surface area (Å²) in [5.41, 5.74) is 1.90. The van der Waals surface area contributed by atoms with Crippen LogP contribution in [0.25, 0.3) is 0 Å². The van der Waals surface area contributed by atoms with Crippen molar-refractivity contribution in [2.24, 2.45) is 0 Å². The van der Waals surface area contributed by atoms with Gasteiger partial charge in [0, 0.05) is 36.9 Å². The normalized spacial score (nSPS) is 10.2. The van der Waals surface area contributed by atoms with Crippen molar-refractivity contribution in [1.29, 1.82) is 0 Å². The van der Waals surface area contributed by atoms with Crippen LogP contribution in [0.3, 0.4) is 0 Å². The molecule has 0 aliphatic heterocycles. The lowest BCUT2D eigenvalue weighted by molar-refractivity contribution is -0.116. The maximum Gasteiger partial charge on any atom is 0.224 e. The minimum absolute atomic E-state index is 0.0118. The van der Waals surface area contributed by atoms with Crippen molar-refractivity contribution in [2.45, 2.75) is 12.8 Å². The van der Waals surface area contributed by atoms with E-state index in [0.717, 1.165) is 17.1 Å². The molecule has 122 valence electrons. The van der Waals surface area contributed by atoms with Gasteiger partial charge in [-0.3, -0.25) is 4.79 Å². The molecule has 0 fully saturated rings. The highest BCUT2D eigenvalue weighted by Gasteiger charge is 2.03. The van der Waals surface area contributed by atoms with Gasteiger partial charge >= 0.3 is 0 Å². The summed E-state index contributed by atoms with van der Waals surface area (Å²) in [6, 6.07) is 14.9. The number of halogens is 1. The van der Waals surface area contributed by atoms with Gasteiger partial charge in [0.1, 0.15) is 5.75 Å². The second kappa shape index (κ2) is 8.44. The molecule has 0 aromatic heterocycles. The standard InChI is InChI=1S/C18H21ClN2O2/c1-21(2)16-9-7-15(8-10-16)20-18(22)4-3-13-23-17-11-5-14(19)6-12-17/h5-12H,3-4,13H2,1-2H3,(H,20,22). The Morgan fingerprint density at radius 3 is 2.35 bits per heavy atom. The lowest BCUT2D eigenvalue weighted by Crippen LogP contribution is -2.13. The fraction of sp³-hybridized carbons (Fsp3) is 0.278. The van der Waals surface area contributed by atoms with E-state index in [1.165, 1.54) is 0 Å². The first-order valence-electron chi connectivity index (χ1n) is 7.50. The zero-order valence-corrected chi connectivity index (χ0v) is 14.1. The molecule has 0 spiro atoms. The van der Waals surface area contributed by atoms with Crippen molar-refractivity contribution in [3.63, 3.8) is 0 Å². The number of hydrogen-bond donors (Lipinski definition) is 1. The van der Waals surface area contributed by atoms with E-state index in [4.69, 9.17) is 16.3 Å². The van der Waals surface area contributed by atoms with E-state index in [1.54, 1.807) is 12.1 Å². The number of ether oxygens (including phenoxy) is 1. The highest BCUT2D eigenvalue weighted by molar-refractivity contribution is 6.30. The zero-order chi connectivity index (χ0) is 16.7. The Kier molecular flexibility index (Phi) is 6.29. The Balaban J connectivity index is 1.69. The highest BCUT2D eigenvalue weighted by Crippen LogP contribution is 2.17. The third-order valence-corrected chi connectivity index (χ3v) is 3.55. The van der Waals surface area contributed by atoms with Crippen molar-refractivity contribution in [3.8, 4) is 5.75 Å². The number of benzene rings is 2. The van der Waals surface area contributed by atoms with E-state index in [-0.39, 0.29) is 5.91 Å². The van der Waals surface area contributed by atoms with Crippen LogP contribution >= 0.6 is 11.6 Å². The Bertz CT molecular complexity index is 624. The molecule has 0 atom stereocenters. The minimum atomic E-state index is -0.0118. The number of nitrogens with zero attached hydrogens (tertiary/aromatic N) is 1. The molecule has 0 heterocycles. The van der Waals surface area contributed by atoms with E-state index in [2.05, 4.69) is 5.32 Å². The first kappa shape index (κ1) is 17.2. The van der Waals surface area contributed by atoms with Gasteiger partial charge in [-0.25, -0.2) is 0 Å². The van der Waals surface area contributed by atoms with Gasteiger partial charge in [-0.05, 0) is 55.0 Å². The predicted octanol–water partition coefficient (Wildman–Crippen LogP) is 4.20. The maximum absolute atomic E-state index is 11.9. The molecular weight excluding hydrogens is 312 g/mol. The van der Waals surface area contributed by atoms with Crippen molar-refractivity contribution in [3.05, 3.63) is 53.6 Å². The van der Waals surface area contributed by atoms with Crippen LogP contribution in [0, 0.1) is 0 Å². The van der Waals surface area contributed by atoms with Crippen LogP contribution in [0.4, 0.5) is 11.4 Å². The smallest absolute Gasteiger partial charge is 0.224 e. The summed E-state index contributed by atoms with van der Waals surface area (Å²) in [5, 5.41) is 3.56. The Morgan fingerprint density at radius 1 is 1.09 bits per heavy atom. The summed E-state index contributed by atoms with van der Waals surface area (Å²) in [6.07, 6.45) is 1.08. The summed E-state index contributed by atoms with van der Waals surface area (Å²) >= 11 is 5.81. The summed E-state index contributed by atoms with van der Waals surface area (Å²) in [5.74, 6) is 0.747. The number of amides is 1. The molecule has 2 aromatic carbocycles. The largest absolute Gasteiger partial charge is 0.494 e. The summed E-state index contributed by atoms with van der Waals surface area (Å²) in [7, 11) is 3.96. The van der Waals surface area contributed by atoms with Gasteiger partial charge in [0.15, 0.2) is 0 Å². The molecule has 0 bridgehead atoms. The average Bonchev–Trinajstić information content (AvgIpc) is 2.54. The summed E-state index contributed by atoms with van der Waals surface area (Å²) in [4.78, 5) is 13.9. The number of carbonyl (C=O) groups excluding carboxylic acids is 1. The molecule has 0 aliphatic rings. The molecule has 0 saturated heterocycles. The number of rotatable bonds is 7. The maximum atomic E-state index is 11.9. The van der Waals surface area contributed by atoms with Crippen molar-refractivity contribution in [1.82, 2.24) is 0 Å². The topological polar surface area (TPSA) is 41.6 Å². The molecule has 2 rings (SSSR count). The molecule has 0 saturated carbocycles. The quantitative estimate of drug-likeness (QED) is 0.772. The second-order valence-electron chi connectivity index (χ2n) is 5.40. The summed E-state index contributed by atoms with van der Waals surface area (Å²) in [6.45, 7) is 0.495. The fourth-order valence-corrected chi connectivity index (χ4v) is 2.15. The van der Waals surface area contributed by atoms with Crippen LogP contribution in [-0.4, -0.2) is 26.6 Å². The van der Waals surface area contributed by atoms with Crippen LogP contribution in [0.5, 0.6) is 5.75 Å². The molecule has 5 heteroatoms. The van der Waals surface area contributed by atoms with Gasteiger partial charge in [0.05, 0.1) is 6.61 Å². The van der Waals surface area contributed by atoms with E-state index in [9.17, 15) is 4.79 Å². The molecule has 0 aliphatic carbocycles. The Labute approximate surface area is 142 Å². The van der Waals surface area contributed by atoms with Crippen LogP contribution in [0.1, 0.15) is 12.8 Å². The highest BCUT2D eigenvalue weighted by atomic mass is 35.5. The fourth-order valence-electron chi connectivity index (χ4n) is 2.02. The molecule has 0 radical (unpaired) electrons. The first-order chi connectivity index (χ1) is 11.0. The van der Waals surface area contributed by atoms with Crippen LogP contribution in [0.15, 0.2) is 48.5 Å². The molecule has 2 aromatic rings. The van der Waals surface area contributed by atoms with Crippen LogP contribution < -0.4 is 15.0 Å². The second-order valence-corrected chi connectivity index (χ2v) is 5.83. The first-order valence-corrected chi connectivity index (χ1v) is 7.88. The minimum Gasteiger partial charge on any atom is -0.494 e. The van der Waals surface area contributed by atoms with E-state index >= 15 is 0 Å². The SMILES string of the molecule is CN(C)c1ccc(NC(=O)CCCOc2ccc(Cl)cc2)cc1.